The van der Waals surface area contributed by atoms with Gasteiger partial charge >= 0.3 is 12.1 Å². The third-order valence-electron chi connectivity index (χ3n) is 16.3. The van der Waals surface area contributed by atoms with E-state index in [-0.39, 0.29) is 92.5 Å². The highest BCUT2D eigenvalue weighted by molar-refractivity contribution is 6.12. The van der Waals surface area contributed by atoms with Crippen LogP contribution in [0.25, 0.3) is 0 Å². The summed E-state index contributed by atoms with van der Waals surface area (Å²) in [5.41, 5.74) is 4.50. The molecule has 0 spiro atoms. The molecular formula is C54H73N7O13. The van der Waals surface area contributed by atoms with Gasteiger partial charge in [-0.3, -0.25) is 38.5 Å². The van der Waals surface area contributed by atoms with Crippen LogP contribution in [0.2, 0.25) is 0 Å². The topological polar surface area (TPSA) is 291 Å². The van der Waals surface area contributed by atoms with Crippen molar-refractivity contribution in [2.45, 2.75) is 154 Å². The van der Waals surface area contributed by atoms with Crippen LogP contribution in [0.15, 0.2) is 60.2 Å². The number of nitrogens with zero attached hydrogens (tertiary/aromatic N) is 1. The van der Waals surface area contributed by atoms with Crippen molar-refractivity contribution in [1.82, 2.24) is 26.2 Å². The number of hydrogen-bond acceptors (Lipinski definition) is 13. The van der Waals surface area contributed by atoms with Gasteiger partial charge in [0.1, 0.15) is 12.1 Å². The van der Waals surface area contributed by atoms with Gasteiger partial charge in [-0.1, -0.05) is 71.2 Å². The first-order valence-electron chi connectivity index (χ1n) is 26.2. The summed E-state index contributed by atoms with van der Waals surface area (Å²) < 4.78 is 18.7. The standard InChI is InChI=1S/C54H73N7O13/c1-6-11-45-73-41-27-37-36-19-16-33-26-35(62)22-23-52(33,4)46(36)39(63)28-53(37,5)54(41,74-45)40(64)30-72-51(71)57-29-32-14-17-34(18-15-32)58-48(68)38(12-10-24-56-50(55)70)59-49(69)47(31(2)3)60-42(65)13-8-7-9-25-61-43(66)20-21-44(61)67/h14-15,17-18,20-23,26,31,36-39,41,45-47,63H,6-13,16,19,24-25,27-30H2,1-5H3,(H,57,71)(H,58,68)(H,59,69)(H,60,65)(H3,55,56,70)/t36-,37-,38-,39-,41+,45?,46+,47-,52-,53-,54+/m0/s1. The Labute approximate surface area is 431 Å². The molecule has 3 saturated carbocycles. The zero-order valence-corrected chi connectivity index (χ0v) is 43.1. The van der Waals surface area contributed by atoms with E-state index >= 15 is 0 Å². The highest BCUT2D eigenvalue weighted by Crippen LogP contribution is 2.69. The third kappa shape index (κ3) is 11.8. The van der Waals surface area contributed by atoms with E-state index in [1.807, 2.05) is 19.9 Å². The summed E-state index contributed by atoms with van der Waals surface area (Å²) in [6.45, 7) is 9.46. The second-order valence-electron chi connectivity index (χ2n) is 21.4. The molecular weight excluding hydrogens is 955 g/mol. The van der Waals surface area contributed by atoms with Crippen molar-refractivity contribution in [3.8, 4) is 0 Å². The van der Waals surface area contributed by atoms with E-state index in [1.165, 1.54) is 12.2 Å². The van der Waals surface area contributed by atoms with Crippen LogP contribution in [0.4, 0.5) is 15.3 Å². The highest BCUT2D eigenvalue weighted by Gasteiger charge is 2.76. The molecule has 1 unspecified atom stereocenters. The number of aliphatic hydroxyl groups is 1. The van der Waals surface area contributed by atoms with E-state index < -0.39 is 83.3 Å². The quantitative estimate of drug-likeness (QED) is 0.0600. The van der Waals surface area contributed by atoms with Crippen LogP contribution < -0.4 is 32.3 Å². The molecule has 4 fully saturated rings. The number of carbonyl (C=O) groups excluding carboxylic acids is 9. The molecule has 4 aliphatic carbocycles. The Hall–Kier alpha value is -6.25. The Morgan fingerprint density at radius 1 is 0.932 bits per heavy atom. The molecule has 0 radical (unpaired) electrons. The summed E-state index contributed by atoms with van der Waals surface area (Å²) in [4.78, 5) is 116. The number of nitrogens with two attached hydrogens (primary N) is 1. The number of nitrogens with one attached hydrogen (secondary N) is 5. The Morgan fingerprint density at radius 2 is 1.66 bits per heavy atom. The van der Waals surface area contributed by atoms with Gasteiger partial charge in [0.15, 0.2) is 24.3 Å². The van der Waals surface area contributed by atoms with Crippen LogP contribution >= 0.6 is 0 Å². The lowest BCUT2D eigenvalue weighted by Crippen LogP contribution is -2.63. The number of alkyl carbamates (subject to hydrolysis) is 1. The first kappa shape index (κ1) is 55.5. The maximum absolute atomic E-state index is 14.6. The lowest BCUT2D eigenvalue weighted by atomic mass is 9.46. The van der Waals surface area contributed by atoms with Gasteiger partial charge < -0.3 is 51.6 Å². The van der Waals surface area contributed by atoms with Gasteiger partial charge in [0.2, 0.25) is 23.5 Å². The van der Waals surface area contributed by atoms with E-state index in [9.17, 15) is 48.3 Å². The van der Waals surface area contributed by atoms with Gasteiger partial charge in [-0.05, 0) is 105 Å². The van der Waals surface area contributed by atoms with Gasteiger partial charge in [0.05, 0.1) is 12.2 Å². The second kappa shape index (κ2) is 23.5. The molecule has 1 aromatic carbocycles. The number of allylic oxidation sites excluding steroid dienone is 4. The predicted molar refractivity (Wildman–Crippen MR) is 269 cm³/mol. The fourth-order valence-corrected chi connectivity index (χ4v) is 12.6. The number of Topliss-reactive ketones (excluding diaryl/α,β-unsaturated/α-hetero) is 1. The van der Waals surface area contributed by atoms with Crippen molar-refractivity contribution in [3.63, 3.8) is 0 Å². The van der Waals surface area contributed by atoms with E-state index in [4.69, 9.17) is 19.9 Å². The second-order valence-corrected chi connectivity index (χ2v) is 21.4. The first-order chi connectivity index (χ1) is 35.2. The molecule has 20 heteroatoms. The lowest BCUT2D eigenvalue weighted by Gasteiger charge is -2.59. The van der Waals surface area contributed by atoms with Gasteiger partial charge in [-0.2, -0.15) is 0 Å². The monoisotopic (exact) mass is 1030 g/mol. The highest BCUT2D eigenvalue weighted by atomic mass is 16.7. The van der Waals surface area contributed by atoms with Crippen molar-refractivity contribution in [3.05, 3.63) is 65.8 Å². The molecule has 74 heavy (non-hydrogen) atoms. The zero-order valence-electron chi connectivity index (χ0n) is 43.1. The van der Waals surface area contributed by atoms with Crippen molar-refractivity contribution < 1.29 is 62.5 Å². The number of aliphatic hydroxyl groups excluding tert-OH is 1. The van der Waals surface area contributed by atoms with Crippen molar-refractivity contribution in [1.29, 1.82) is 0 Å². The van der Waals surface area contributed by atoms with Crippen molar-refractivity contribution in [2.24, 2.45) is 40.2 Å². The van der Waals surface area contributed by atoms with Crippen molar-refractivity contribution in [2.75, 3.05) is 25.0 Å². The number of primary amides is 1. The van der Waals surface area contributed by atoms with E-state index in [0.29, 0.717) is 49.8 Å². The molecule has 1 aromatic rings. The molecule has 0 bridgehead atoms. The molecule has 2 heterocycles. The molecule has 7 rings (SSSR count). The van der Waals surface area contributed by atoms with Crippen LogP contribution in [0.3, 0.4) is 0 Å². The number of imide groups is 1. The fourth-order valence-electron chi connectivity index (χ4n) is 12.6. The minimum absolute atomic E-state index is 0.0176. The molecule has 0 aromatic heterocycles. The lowest BCUT2D eigenvalue weighted by molar-refractivity contribution is -0.200. The summed E-state index contributed by atoms with van der Waals surface area (Å²) in [5, 5.41) is 25.5. The number of urea groups is 1. The Bertz CT molecular complexity index is 2420. The minimum Gasteiger partial charge on any atom is -0.441 e. The number of unbranched alkanes of at least 4 members (excludes halogenated alkanes) is 2. The summed E-state index contributed by atoms with van der Waals surface area (Å²) in [5.74, 6) is -3.20. The molecule has 8 N–H and O–H groups in total. The third-order valence-corrected chi connectivity index (χ3v) is 16.3. The van der Waals surface area contributed by atoms with E-state index in [2.05, 4.69) is 33.5 Å². The number of fused-ring (bicyclic) bond motifs is 7. The summed E-state index contributed by atoms with van der Waals surface area (Å²) >= 11 is 0. The fraction of sp³-hybridized carbons (Fsp3) is 0.611. The van der Waals surface area contributed by atoms with Gasteiger partial charge in [0.25, 0.3) is 11.8 Å². The number of ketones is 2. The van der Waals surface area contributed by atoms with Crippen LogP contribution in [0, 0.1) is 34.5 Å². The number of benzene rings is 1. The number of hydrogen-bond donors (Lipinski definition) is 7. The molecule has 8 amide bonds. The van der Waals surface area contributed by atoms with Gasteiger partial charge in [0, 0.05) is 60.6 Å². The van der Waals surface area contributed by atoms with E-state index in [1.54, 1.807) is 50.3 Å². The smallest absolute Gasteiger partial charge is 0.407 e. The van der Waals surface area contributed by atoms with Crippen LogP contribution in [-0.4, -0.2) is 119 Å². The maximum atomic E-state index is 14.6. The first-order valence-corrected chi connectivity index (χ1v) is 26.2. The van der Waals surface area contributed by atoms with Crippen LogP contribution in [-0.2, 0) is 54.3 Å². The largest absolute Gasteiger partial charge is 0.441 e. The Balaban J connectivity index is 0.914. The zero-order chi connectivity index (χ0) is 53.5. The number of ether oxygens (including phenoxy) is 3. The van der Waals surface area contributed by atoms with Crippen molar-refractivity contribution >= 4 is 58.9 Å². The number of carbonyl (C=O) groups is 9. The molecule has 2 aliphatic heterocycles. The molecule has 20 nitrogen and oxygen atoms in total. The molecule has 402 valence electrons. The van der Waals surface area contributed by atoms with Gasteiger partial charge in [-0.15, -0.1) is 0 Å². The molecule has 6 aliphatic rings. The van der Waals surface area contributed by atoms with Crippen LogP contribution in [0.1, 0.15) is 117 Å². The van der Waals surface area contributed by atoms with E-state index in [0.717, 1.165) is 23.3 Å². The maximum Gasteiger partial charge on any atom is 0.407 e. The Kier molecular flexibility index (Phi) is 17.6. The number of anilines is 1. The number of amides is 8. The average molecular weight is 1030 g/mol. The Morgan fingerprint density at radius 3 is 2.35 bits per heavy atom. The number of rotatable bonds is 23. The summed E-state index contributed by atoms with van der Waals surface area (Å²) in [6, 6.07) is 3.79. The van der Waals surface area contributed by atoms with Gasteiger partial charge in [-0.25, -0.2) is 9.59 Å². The molecule has 11 atom stereocenters. The molecule has 1 saturated heterocycles. The predicted octanol–water partition coefficient (Wildman–Crippen LogP) is 4.15. The summed E-state index contributed by atoms with van der Waals surface area (Å²) in [7, 11) is 0. The SMILES string of the molecule is CCCC1O[C@@H]2C[C@H]3[C@@H]4CCC5=CC(=O)C=C[C@]5(C)[C@H]4[C@@H](O)C[C@]3(C)[C@]2(C(=O)COC(=O)NCc2ccc(NC(=O)[C@H](CCCNC(N)=O)NC(=O)[C@@H](NC(=O)CCCCCN3C(=O)C=CC3=O)C(C)C)cc2)O1. The minimum atomic E-state index is -1.45. The average Bonchev–Trinajstić information content (AvgIpc) is 3.97. The normalized spacial score (nSPS) is 29.3. The van der Waals surface area contributed by atoms with Crippen LogP contribution in [0.5, 0.6) is 0 Å². The summed E-state index contributed by atoms with van der Waals surface area (Å²) in [6.07, 6.45) is 10.5.